The van der Waals surface area contributed by atoms with E-state index in [2.05, 4.69) is 5.10 Å². The van der Waals surface area contributed by atoms with Crippen LogP contribution < -0.4 is 5.73 Å². The second kappa shape index (κ2) is 4.92. The number of hydrogen-bond donors (Lipinski definition) is 1. The summed E-state index contributed by atoms with van der Waals surface area (Å²) in [6.45, 7) is 7.55. The molecule has 1 heterocycles. The third-order valence-electron chi connectivity index (χ3n) is 3.26. The summed E-state index contributed by atoms with van der Waals surface area (Å²) in [4.78, 5) is 22.9. The average Bonchev–Trinajstić information content (AvgIpc) is 3.05. The Hall–Kier alpha value is -1.85. The molecule has 0 saturated heterocycles. The van der Waals surface area contributed by atoms with Crippen molar-refractivity contribution in [1.82, 2.24) is 9.78 Å². The van der Waals surface area contributed by atoms with Gasteiger partial charge in [-0.05, 0) is 46.6 Å². The fraction of sp³-hybridized carbons (Fsp3) is 0.643. The van der Waals surface area contributed by atoms with Crippen LogP contribution in [0, 0.1) is 0 Å². The number of amides is 1. The topological polar surface area (TPSA) is 87.2 Å². The molecule has 6 nitrogen and oxygen atoms in total. The van der Waals surface area contributed by atoms with Crippen molar-refractivity contribution in [3.63, 3.8) is 0 Å². The van der Waals surface area contributed by atoms with Gasteiger partial charge in [-0.25, -0.2) is 4.79 Å². The number of esters is 1. The van der Waals surface area contributed by atoms with Crippen molar-refractivity contribution in [2.45, 2.75) is 58.1 Å². The minimum Gasteiger partial charge on any atom is -0.448 e. The molecule has 0 aromatic carbocycles. The van der Waals surface area contributed by atoms with Gasteiger partial charge in [-0.1, -0.05) is 0 Å². The molecule has 0 bridgehead atoms. The van der Waals surface area contributed by atoms with Gasteiger partial charge in [0.05, 0.1) is 5.54 Å². The van der Waals surface area contributed by atoms with Gasteiger partial charge in [-0.2, -0.15) is 5.10 Å². The predicted octanol–water partition coefficient (Wildman–Crippen LogP) is 1.55. The molecule has 2 N–H and O–H groups in total. The monoisotopic (exact) mass is 279 g/mol. The molecule has 0 radical (unpaired) electrons. The number of ether oxygens (including phenoxy) is 1. The Kier molecular flexibility index (Phi) is 3.58. The van der Waals surface area contributed by atoms with Gasteiger partial charge in [0.1, 0.15) is 0 Å². The number of aromatic nitrogens is 2. The van der Waals surface area contributed by atoms with Gasteiger partial charge in [-0.3, -0.25) is 9.48 Å². The van der Waals surface area contributed by atoms with Gasteiger partial charge in [0, 0.05) is 11.6 Å². The first-order chi connectivity index (χ1) is 9.20. The summed E-state index contributed by atoms with van der Waals surface area (Å²) >= 11 is 0. The Balaban J connectivity index is 2.25. The van der Waals surface area contributed by atoms with E-state index in [1.54, 1.807) is 6.07 Å². The normalized spacial score (nSPS) is 16.8. The van der Waals surface area contributed by atoms with Crippen molar-refractivity contribution >= 4 is 11.9 Å². The van der Waals surface area contributed by atoms with Crippen LogP contribution in [0.25, 0.3) is 0 Å². The highest BCUT2D eigenvalue weighted by atomic mass is 16.5. The van der Waals surface area contributed by atoms with E-state index in [1.165, 1.54) is 6.92 Å². The summed E-state index contributed by atoms with van der Waals surface area (Å²) in [5.74, 6) is -0.811. The highest BCUT2D eigenvalue weighted by Gasteiger charge is 2.33. The Labute approximate surface area is 118 Å². The van der Waals surface area contributed by atoms with Gasteiger partial charge in [0.15, 0.2) is 11.8 Å². The summed E-state index contributed by atoms with van der Waals surface area (Å²) in [5, 5.41) is 4.35. The molecule has 1 aromatic rings. The fourth-order valence-corrected chi connectivity index (χ4v) is 1.98. The minimum absolute atomic E-state index is 0.203. The van der Waals surface area contributed by atoms with Crippen molar-refractivity contribution < 1.29 is 14.3 Å². The molecule has 1 aromatic heterocycles. The molecule has 110 valence electrons. The van der Waals surface area contributed by atoms with Gasteiger partial charge >= 0.3 is 5.97 Å². The van der Waals surface area contributed by atoms with Crippen LogP contribution in [0.5, 0.6) is 0 Å². The lowest BCUT2D eigenvalue weighted by Crippen LogP contribution is -2.31. The van der Waals surface area contributed by atoms with E-state index in [9.17, 15) is 9.59 Å². The van der Waals surface area contributed by atoms with Crippen LogP contribution in [0.1, 0.15) is 62.6 Å². The Morgan fingerprint density at radius 3 is 2.50 bits per heavy atom. The van der Waals surface area contributed by atoms with Crippen LogP contribution in [-0.2, 0) is 15.1 Å². The maximum Gasteiger partial charge on any atom is 0.359 e. The summed E-state index contributed by atoms with van der Waals surface area (Å²) in [6.07, 6.45) is 1.29. The van der Waals surface area contributed by atoms with E-state index in [0.29, 0.717) is 5.92 Å². The summed E-state index contributed by atoms with van der Waals surface area (Å²) in [5.41, 5.74) is 6.16. The molecule has 0 spiro atoms. The minimum atomic E-state index is -0.952. The number of primary amides is 1. The van der Waals surface area contributed by atoms with Crippen LogP contribution in [-0.4, -0.2) is 27.8 Å². The maximum absolute atomic E-state index is 12.0. The smallest absolute Gasteiger partial charge is 0.359 e. The summed E-state index contributed by atoms with van der Waals surface area (Å²) < 4.78 is 6.86. The molecule has 0 aliphatic heterocycles. The molecule has 2 rings (SSSR count). The van der Waals surface area contributed by atoms with Gasteiger partial charge < -0.3 is 10.5 Å². The highest BCUT2D eigenvalue weighted by Crippen LogP contribution is 2.41. The highest BCUT2D eigenvalue weighted by molar-refractivity contribution is 5.90. The number of nitrogens with two attached hydrogens (primary N) is 1. The van der Waals surface area contributed by atoms with E-state index in [4.69, 9.17) is 10.5 Å². The van der Waals surface area contributed by atoms with Crippen LogP contribution in [0.2, 0.25) is 0 Å². The van der Waals surface area contributed by atoms with Gasteiger partial charge in [0.2, 0.25) is 0 Å². The van der Waals surface area contributed by atoms with Crippen LogP contribution in [0.3, 0.4) is 0 Å². The van der Waals surface area contributed by atoms with Crippen molar-refractivity contribution in [3.8, 4) is 0 Å². The van der Waals surface area contributed by atoms with Gasteiger partial charge in [-0.15, -0.1) is 0 Å². The average molecular weight is 279 g/mol. The first-order valence-electron chi connectivity index (χ1n) is 6.81. The molecule has 0 unspecified atom stereocenters. The Morgan fingerprint density at radius 2 is 2.05 bits per heavy atom. The molecule has 1 fully saturated rings. The molecule has 20 heavy (non-hydrogen) atoms. The number of nitrogens with zero attached hydrogens (tertiary/aromatic N) is 2. The first kappa shape index (κ1) is 14.6. The second-order valence-electron chi connectivity index (χ2n) is 6.26. The van der Waals surface area contributed by atoms with E-state index in [1.807, 2.05) is 25.5 Å². The molecule has 1 atom stereocenters. The van der Waals surface area contributed by atoms with E-state index in [0.717, 1.165) is 18.5 Å². The zero-order valence-corrected chi connectivity index (χ0v) is 12.3. The summed E-state index contributed by atoms with van der Waals surface area (Å²) in [7, 11) is 0. The maximum atomic E-state index is 12.0. The predicted molar refractivity (Wildman–Crippen MR) is 73.3 cm³/mol. The zero-order valence-electron chi connectivity index (χ0n) is 12.3. The van der Waals surface area contributed by atoms with Crippen molar-refractivity contribution in [3.05, 3.63) is 17.5 Å². The lowest BCUT2D eigenvalue weighted by molar-refractivity contribution is -0.125. The largest absolute Gasteiger partial charge is 0.448 e. The molecule has 1 aliphatic rings. The molecular weight excluding hydrogens is 258 g/mol. The molecule has 1 aliphatic carbocycles. The quantitative estimate of drug-likeness (QED) is 0.847. The standard InChI is InChI=1S/C14H21N3O3/c1-8(12(15)18)20-13(19)10-7-11(9-5-6-9)17(16-10)14(2,3)4/h7-9H,5-6H2,1-4H3,(H2,15,18)/t8-/m1/s1. The van der Waals surface area contributed by atoms with Crippen LogP contribution in [0.4, 0.5) is 0 Å². The molecule has 1 saturated carbocycles. The lowest BCUT2D eigenvalue weighted by Gasteiger charge is -2.22. The second-order valence-corrected chi connectivity index (χ2v) is 6.26. The molecule has 1 amide bonds. The number of hydrogen-bond acceptors (Lipinski definition) is 4. The van der Waals surface area contributed by atoms with Gasteiger partial charge in [0.25, 0.3) is 5.91 Å². The lowest BCUT2D eigenvalue weighted by atomic mass is 10.1. The zero-order chi connectivity index (χ0) is 15.1. The summed E-state index contributed by atoms with van der Waals surface area (Å²) in [6, 6.07) is 1.76. The van der Waals surface area contributed by atoms with Crippen LogP contribution >= 0.6 is 0 Å². The van der Waals surface area contributed by atoms with E-state index >= 15 is 0 Å². The number of carbonyl (C=O) groups excluding carboxylic acids is 2. The Bertz CT molecular complexity index is 538. The van der Waals surface area contributed by atoms with Crippen molar-refractivity contribution in [2.24, 2.45) is 5.73 Å². The Morgan fingerprint density at radius 1 is 1.45 bits per heavy atom. The van der Waals surface area contributed by atoms with E-state index < -0.39 is 18.0 Å². The molecule has 6 heteroatoms. The third kappa shape index (κ3) is 3.00. The fourth-order valence-electron chi connectivity index (χ4n) is 1.98. The first-order valence-corrected chi connectivity index (χ1v) is 6.81. The van der Waals surface area contributed by atoms with Crippen molar-refractivity contribution in [1.29, 1.82) is 0 Å². The molecular formula is C14H21N3O3. The van der Waals surface area contributed by atoms with Crippen molar-refractivity contribution in [2.75, 3.05) is 0 Å². The number of carbonyl (C=O) groups is 2. The third-order valence-corrected chi connectivity index (χ3v) is 3.26. The SMILES string of the molecule is C[C@@H](OC(=O)c1cc(C2CC2)n(C(C)(C)C)n1)C(N)=O. The number of rotatable bonds is 4. The van der Waals surface area contributed by atoms with E-state index in [-0.39, 0.29) is 11.2 Å². The van der Waals surface area contributed by atoms with Crippen LogP contribution in [0.15, 0.2) is 6.07 Å².